The zero-order valence-electron chi connectivity index (χ0n) is 17.6. The van der Waals surface area contributed by atoms with E-state index in [4.69, 9.17) is 4.74 Å². The number of aromatic nitrogens is 4. The Hall–Kier alpha value is -3.85. The number of nitrogens with one attached hydrogen (secondary N) is 1. The summed E-state index contributed by atoms with van der Waals surface area (Å²) in [6, 6.07) is 18.6. The first-order valence-corrected chi connectivity index (χ1v) is 10.8. The summed E-state index contributed by atoms with van der Waals surface area (Å²) < 4.78 is 7.91. The van der Waals surface area contributed by atoms with E-state index in [0.29, 0.717) is 22.2 Å². The fraction of sp³-hybridized carbons (Fsp3) is 0.130. The number of rotatable bonds is 7. The molecule has 2 heterocycles. The molecule has 0 saturated heterocycles. The quantitative estimate of drug-likeness (QED) is 0.340. The van der Waals surface area contributed by atoms with Crippen molar-refractivity contribution in [3.05, 3.63) is 100 Å². The van der Waals surface area contributed by atoms with Crippen LogP contribution in [0.2, 0.25) is 0 Å². The van der Waals surface area contributed by atoms with Crippen molar-refractivity contribution in [3.8, 4) is 0 Å². The average Bonchev–Trinajstić information content (AvgIpc) is 3.34. The van der Waals surface area contributed by atoms with Gasteiger partial charge in [-0.2, -0.15) is 4.68 Å². The van der Waals surface area contributed by atoms with Gasteiger partial charge in [0.1, 0.15) is 0 Å². The van der Waals surface area contributed by atoms with Crippen LogP contribution in [0, 0.1) is 6.92 Å². The highest BCUT2D eigenvalue weighted by molar-refractivity contribution is 7.98. The van der Waals surface area contributed by atoms with E-state index in [-0.39, 0.29) is 5.82 Å². The standard InChI is InChI=1S/C23H21N5O3S/c1-16-9-11-17(12-10-16)15-32-23-26-25-20(21(29)28(23)27-13-5-6-14-27)24-19-8-4-3-7-18(19)22(30)31-2/h3-14H,15H2,1-2H3,(H,24,25). The lowest BCUT2D eigenvalue weighted by Gasteiger charge is -2.14. The molecule has 0 unspecified atom stereocenters. The second kappa shape index (κ2) is 9.52. The zero-order valence-corrected chi connectivity index (χ0v) is 18.4. The summed E-state index contributed by atoms with van der Waals surface area (Å²) in [6.07, 6.45) is 3.51. The van der Waals surface area contributed by atoms with Gasteiger partial charge in [-0.1, -0.05) is 53.7 Å². The molecule has 0 aliphatic carbocycles. The Morgan fingerprint density at radius 2 is 1.75 bits per heavy atom. The maximum atomic E-state index is 13.3. The Balaban J connectivity index is 1.69. The van der Waals surface area contributed by atoms with Crippen LogP contribution in [0.1, 0.15) is 21.5 Å². The Kier molecular flexibility index (Phi) is 6.37. The number of hydrogen-bond donors (Lipinski definition) is 1. The molecule has 0 radical (unpaired) electrons. The summed E-state index contributed by atoms with van der Waals surface area (Å²) in [6.45, 7) is 2.04. The van der Waals surface area contributed by atoms with Gasteiger partial charge in [0.05, 0.1) is 18.4 Å². The Bertz CT molecular complexity index is 1280. The number of benzene rings is 2. The van der Waals surface area contributed by atoms with Crippen LogP contribution in [0.3, 0.4) is 0 Å². The molecule has 0 saturated carbocycles. The monoisotopic (exact) mass is 447 g/mol. The predicted octanol–water partition coefficient (Wildman–Crippen LogP) is 3.88. The second-order valence-electron chi connectivity index (χ2n) is 6.95. The lowest BCUT2D eigenvalue weighted by Crippen LogP contribution is -2.30. The van der Waals surface area contributed by atoms with Gasteiger partial charge in [-0.25, -0.2) is 4.79 Å². The van der Waals surface area contributed by atoms with Gasteiger partial charge in [0, 0.05) is 18.1 Å². The van der Waals surface area contributed by atoms with Gasteiger partial charge in [0.25, 0.3) is 0 Å². The fourth-order valence-electron chi connectivity index (χ4n) is 3.04. The number of hydrogen-bond acceptors (Lipinski definition) is 7. The van der Waals surface area contributed by atoms with Crippen molar-refractivity contribution >= 4 is 29.2 Å². The van der Waals surface area contributed by atoms with Crippen LogP contribution < -0.4 is 10.9 Å². The lowest BCUT2D eigenvalue weighted by atomic mass is 10.2. The van der Waals surface area contributed by atoms with Gasteiger partial charge in [-0.05, 0) is 36.8 Å². The molecule has 4 aromatic rings. The second-order valence-corrected chi connectivity index (χ2v) is 7.89. The van der Waals surface area contributed by atoms with Crippen molar-refractivity contribution in [2.24, 2.45) is 0 Å². The highest BCUT2D eigenvalue weighted by atomic mass is 32.2. The molecule has 9 heteroatoms. The topological polar surface area (TPSA) is 91.0 Å². The lowest BCUT2D eigenvalue weighted by molar-refractivity contribution is 0.0602. The molecule has 1 N–H and O–H groups in total. The Morgan fingerprint density at radius 3 is 2.47 bits per heavy atom. The molecule has 0 bridgehead atoms. The molecule has 0 spiro atoms. The molecule has 2 aromatic carbocycles. The highest BCUT2D eigenvalue weighted by Gasteiger charge is 2.17. The smallest absolute Gasteiger partial charge is 0.339 e. The Morgan fingerprint density at radius 1 is 1.03 bits per heavy atom. The normalized spacial score (nSPS) is 10.7. The average molecular weight is 448 g/mol. The van der Waals surface area contributed by atoms with E-state index in [1.807, 2.05) is 43.3 Å². The molecule has 4 rings (SSSR count). The first-order valence-electron chi connectivity index (χ1n) is 9.83. The molecular formula is C23H21N5O3S. The van der Waals surface area contributed by atoms with Crippen molar-refractivity contribution < 1.29 is 9.53 Å². The number of thioether (sulfide) groups is 1. The summed E-state index contributed by atoms with van der Waals surface area (Å²) in [5.41, 5.74) is 2.60. The number of esters is 1. The minimum Gasteiger partial charge on any atom is -0.465 e. The third kappa shape index (κ3) is 4.57. The summed E-state index contributed by atoms with van der Waals surface area (Å²) in [7, 11) is 1.30. The maximum absolute atomic E-state index is 13.3. The van der Waals surface area contributed by atoms with E-state index >= 15 is 0 Å². The predicted molar refractivity (Wildman–Crippen MR) is 123 cm³/mol. The summed E-state index contributed by atoms with van der Waals surface area (Å²) in [4.78, 5) is 25.4. The zero-order chi connectivity index (χ0) is 22.5. The van der Waals surface area contributed by atoms with Crippen LogP contribution in [-0.4, -0.2) is 32.6 Å². The maximum Gasteiger partial charge on any atom is 0.339 e. The van der Waals surface area contributed by atoms with Crippen LogP contribution in [0.15, 0.2) is 83.0 Å². The number of anilines is 2. The number of methoxy groups -OCH3 is 1. The van der Waals surface area contributed by atoms with E-state index in [2.05, 4.69) is 15.5 Å². The fourth-order valence-corrected chi connectivity index (χ4v) is 3.92. The highest BCUT2D eigenvalue weighted by Crippen LogP contribution is 2.22. The van der Waals surface area contributed by atoms with Gasteiger partial charge in [-0.15, -0.1) is 10.2 Å². The van der Waals surface area contributed by atoms with Crippen molar-refractivity contribution in [3.63, 3.8) is 0 Å². The van der Waals surface area contributed by atoms with Crippen molar-refractivity contribution in [2.75, 3.05) is 12.4 Å². The van der Waals surface area contributed by atoms with Crippen molar-refractivity contribution in [2.45, 2.75) is 17.8 Å². The summed E-state index contributed by atoms with van der Waals surface area (Å²) >= 11 is 1.41. The van der Waals surface area contributed by atoms with E-state index in [1.54, 1.807) is 41.3 Å². The summed E-state index contributed by atoms with van der Waals surface area (Å²) in [5, 5.41) is 11.8. The molecule has 0 amide bonds. The molecular weight excluding hydrogens is 426 g/mol. The Labute approximate surface area is 188 Å². The molecule has 162 valence electrons. The first kappa shape index (κ1) is 21.4. The van der Waals surface area contributed by atoms with Gasteiger partial charge < -0.3 is 10.1 Å². The number of nitrogens with zero attached hydrogens (tertiary/aromatic N) is 4. The number of carbonyl (C=O) groups is 1. The minimum absolute atomic E-state index is 0.00487. The largest absolute Gasteiger partial charge is 0.465 e. The molecule has 0 atom stereocenters. The van der Waals surface area contributed by atoms with Gasteiger partial charge in [-0.3, -0.25) is 9.47 Å². The van der Waals surface area contributed by atoms with E-state index < -0.39 is 11.5 Å². The number of aryl methyl sites for hydroxylation is 1. The SMILES string of the molecule is COC(=O)c1ccccc1Nc1nnc(SCc2ccc(C)cc2)n(-n2cccc2)c1=O. The minimum atomic E-state index is -0.517. The van der Waals surface area contributed by atoms with Crippen LogP contribution in [0.4, 0.5) is 11.5 Å². The molecule has 32 heavy (non-hydrogen) atoms. The van der Waals surface area contributed by atoms with Crippen LogP contribution >= 0.6 is 11.8 Å². The number of carbonyl (C=O) groups excluding carboxylic acids is 1. The van der Waals surface area contributed by atoms with Crippen molar-refractivity contribution in [1.82, 2.24) is 19.5 Å². The van der Waals surface area contributed by atoms with Crippen LogP contribution in [-0.2, 0) is 10.5 Å². The molecule has 0 aliphatic heterocycles. The van der Waals surface area contributed by atoms with Gasteiger partial charge in [0.15, 0.2) is 0 Å². The molecule has 0 fully saturated rings. The third-order valence-corrected chi connectivity index (χ3v) is 5.70. The van der Waals surface area contributed by atoms with E-state index in [9.17, 15) is 9.59 Å². The van der Waals surface area contributed by atoms with Gasteiger partial charge in [0.2, 0.25) is 11.0 Å². The molecule has 0 aliphatic rings. The molecule has 2 aromatic heterocycles. The third-order valence-electron chi connectivity index (χ3n) is 4.71. The number of ether oxygens (including phenoxy) is 1. The van der Waals surface area contributed by atoms with E-state index in [1.165, 1.54) is 29.1 Å². The van der Waals surface area contributed by atoms with Crippen molar-refractivity contribution in [1.29, 1.82) is 0 Å². The van der Waals surface area contributed by atoms with Crippen LogP contribution in [0.5, 0.6) is 0 Å². The number of para-hydroxylation sites is 1. The summed E-state index contributed by atoms with van der Waals surface area (Å²) in [5.74, 6) is 0.111. The van der Waals surface area contributed by atoms with Crippen LogP contribution in [0.25, 0.3) is 0 Å². The van der Waals surface area contributed by atoms with Gasteiger partial charge >= 0.3 is 11.5 Å². The van der Waals surface area contributed by atoms with E-state index in [0.717, 1.165) is 5.56 Å². The first-order chi connectivity index (χ1) is 15.6. The molecule has 8 nitrogen and oxygen atoms in total.